The number of benzene rings is 1. The van der Waals surface area contributed by atoms with Crippen molar-refractivity contribution >= 4 is 17.3 Å². The molecule has 0 saturated heterocycles. The lowest BCUT2D eigenvalue weighted by Gasteiger charge is -2.38. The number of fused-ring (bicyclic) bond motifs is 1. The zero-order chi connectivity index (χ0) is 14.1. The summed E-state index contributed by atoms with van der Waals surface area (Å²) in [5, 5.41) is 3.01. The molecule has 1 aliphatic carbocycles. The Kier molecular flexibility index (Phi) is 3.66. The van der Waals surface area contributed by atoms with Gasteiger partial charge in [0.05, 0.1) is 6.04 Å². The van der Waals surface area contributed by atoms with E-state index >= 15 is 0 Å². The molecule has 2 aliphatic rings. The van der Waals surface area contributed by atoms with Gasteiger partial charge in [0.25, 0.3) is 0 Å². The Morgan fingerprint density at radius 1 is 1.25 bits per heavy atom. The molecule has 1 amide bonds. The molecule has 1 unspecified atom stereocenters. The minimum atomic E-state index is -0.0877. The van der Waals surface area contributed by atoms with Gasteiger partial charge in [0, 0.05) is 29.4 Å². The van der Waals surface area contributed by atoms with E-state index in [2.05, 4.69) is 17.3 Å². The van der Waals surface area contributed by atoms with Crippen molar-refractivity contribution in [2.75, 3.05) is 18.1 Å². The highest BCUT2D eigenvalue weighted by atomic mass is 16.2. The van der Waals surface area contributed by atoms with Gasteiger partial charge in [0.2, 0.25) is 5.91 Å². The SMILES string of the molecule is CN(C1CCCCC1)C1Cc2c(N)cccc2NC1=O. The fourth-order valence-corrected chi connectivity index (χ4v) is 3.52. The molecule has 0 radical (unpaired) electrons. The van der Waals surface area contributed by atoms with Crippen LogP contribution in [0.15, 0.2) is 18.2 Å². The average molecular weight is 273 g/mol. The summed E-state index contributed by atoms with van der Waals surface area (Å²) in [5.74, 6) is 0.108. The largest absolute Gasteiger partial charge is 0.398 e. The first kappa shape index (κ1) is 13.4. The van der Waals surface area contributed by atoms with Crippen LogP contribution < -0.4 is 11.1 Å². The number of nitrogens with two attached hydrogens (primary N) is 1. The van der Waals surface area contributed by atoms with Crippen LogP contribution in [0.1, 0.15) is 37.7 Å². The molecule has 3 N–H and O–H groups in total. The predicted octanol–water partition coefficient (Wildman–Crippen LogP) is 2.40. The number of nitrogens with one attached hydrogen (secondary N) is 1. The highest BCUT2D eigenvalue weighted by Gasteiger charge is 2.33. The summed E-state index contributed by atoms with van der Waals surface area (Å²) in [6, 6.07) is 6.18. The van der Waals surface area contributed by atoms with Crippen LogP contribution in [0, 0.1) is 0 Å². The van der Waals surface area contributed by atoms with E-state index in [4.69, 9.17) is 5.73 Å². The van der Waals surface area contributed by atoms with Crippen molar-refractivity contribution in [2.24, 2.45) is 0 Å². The van der Waals surface area contributed by atoms with Crippen molar-refractivity contribution in [3.8, 4) is 0 Å². The van der Waals surface area contributed by atoms with Gasteiger partial charge in [-0.3, -0.25) is 9.69 Å². The maximum atomic E-state index is 12.4. The van der Waals surface area contributed by atoms with Crippen LogP contribution in [0.3, 0.4) is 0 Å². The fourth-order valence-electron chi connectivity index (χ4n) is 3.52. The molecule has 4 heteroatoms. The third-order valence-electron chi connectivity index (χ3n) is 4.81. The highest BCUT2D eigenvalue weighted by Crippen LogP contribution is 2.31. The van der Waals surface area contributed by atoms with Gasteiger partial charge in [0.15, 0.2) is 0 Å². The first-order valence-corrected chi connectivity index (χ1v) is 7.57. The second kappa shape index (κ2) is 5.44. The minimum absolute atomic E-state index is 0.0877. The number of amides is 1. The number of nitrogen functional groups attached to an aromatic ring is 1. The van der Waals surface area contributed by atoms with E-state index in [1.807, 2.05) is 18.2 Å². The van der Waals surface area contributed by atoms with Crippen molar-refractivity contribution in [2.45, 2.75) is 50.6 Å². The highest BCUT2D eigenvalue weighted by molar-refractivity contribution is 5.99. The van der Waals surface area contributed by atoms with Gasteiger partial charge in [-0.25, -0.2) is 0 Å². The lowest BCUT2D eigenvalue weighted by molar-refractivity contribution is -0.122. The first-order chi connectivity index (χ1) is 9.66. The first-order valence-electron chi connectivity index (χ1n) is 7.57. The summed E-state index contributed by atoms with van der Waals surface area (Å²) in [4.78, 5) is 14.6. The van der Waals surface area contributed by atoms with E-state index in [1.165, 1.54) is 32.1 Å². The number of hydrogen-bond donors (Lipinski definition) is 2. The predicted molar refractivity (Wildman–Crippen MR) is 81.6 cm³/mol. The maximum Gasteiger partial charge on any atom is 0.242 e. The van der Waals surface area contributed by atoms with Crippen molar-refractivity contribution < 1.29 is 4.79 Å². The van der Waals surface area contributed by atoms with Crippen LogP contribution >= 0.6 is 0 Å². The third kappa shape index (κ3) is 2.40. The van der Waals surface area contributed by atoms with E-state index < -0.39 is 0 Å². The van der Waals surface area contributed by atoms with Crippen molar-refractivity contribution in [3.05, 3.63) is 23.8 Å². The van der Waals surface area contributed by atoms with E-state index in [1.54, 1.807) is 0 Å². The molecule has 1 aliphatic heterocycles. The summed E-state index contributed by atoms with van der Waals surface area (Å²) in [6.07, 6.45) is 7.02. The molecular formula is C16H23N3O. The van der Waals surface area contributed by atoms with Crippen LogP contribution in [0.2, 0.25) is 0 Å². The summed E-state index contributed by atoms with van der Waals surface area (Å²) in [6.45, 7) is 0. The molecule has 0 aromatic heterocycles. The molecule has 1 heterocycles. The average Bonchev–Trinajstić information content (AvgIpc) is 2.47. The Balaban J connectivity index is 1.80. The van der Waals surface area contributed by atoms with E-state index in [0.717, 1.165) is 23.4 Å². The van der Waals surface area contributed by atoms with E-state index in [0.29, 0.717) is 6.04 Å². The number of rotatable bonds is 2. The number of carbonyl (C=O) groups excluding carboxylic acids is 1. The van der Waals surface area contributed by atoms with Gasteiger partial charge >= 0.3 is 0 Å². The number of hydrogen-bond acceptors (Lipinski definition) is 3. The Morgan fingerprint density at radius 3 is 2.75 bits per heavy atom. The third-order valence-corrected chi connectivity index (χ3v) is 4.81. The lowest BCUT2D eigenvalue weighted by atomic mass is 9.90. The second-order valence-electron chi connectivity index (χ2n) is 6.04. The molecule has 3 rings (SSSR count). The fraction of sp³-hybridized carbons (Fsp3) is 0.562. The summed E-state index contributed by atoms with van der Waals surface area (Å²) < 4.78 is 0. The van der Waals surface area contributed by atoms with E-state index in [-0.39, 0.29) is 11.9 Å². The molecule has 1 saturated carbocycles. The molecule has 1 aromatic rings. The van der Waals surface area contributed by atoms with Crippen molar-refractivity contribution in [1.82, 2.24) is 4.90 Å². The monoisotopic (exact) mass is 273 g/mol. The molecule has 108 valence electrons. The Hall–Kier alpha value is -1.55. The van der Waals surface area contributed by atoms with Crippen LogP contribution in [0.25, 0.3) is 0 Å². The van der Waals surface area contributed by atoms with Gasteiger partial charge < -0.3 is 11.1 Å². The topological polar surface area (TPSA) is 58.4 Å². The molecule has 20 heavy (non-hydrogen) atoms. The molecule has 1 atom stereocenters. The Morgan fingerprint density at radius 2 is 2.00 bits per heavy atom. The number of carbonyl (C=O) groups is 1. The smallest absolute Gasteiger partial charge is 0.242 e. The van der Waals surface area contributed by atoms with Crippen molar-refractivity contribution in [3.63, 3.8) is 0 Å². The van der Waals surface area contributed by atoms with Crippen LogP contribution in [0.5, 0.6) is 0 Å². The normalized spacial score (nSPS) is 23.5. The molecular weight excluding hydrogens is 250 g/mol. The zero-order valence-electron chi connectivity index (χ0n) is 12.1. The number of nitrogens with zero attached hydrogens (tertiary/aromatic N) is 1. The summed E-state index contributed by atoms with van der Waals surface area (Å²) in [7, 11) is 2.09. The van der Waals surface area contributed by atoms with Crippen LogP contribution in [-0.4, -0.2) is 29.9 Å². The molecule has 4 nitrogen and oxygen atoms in total. The Bertz CT molecular complexity index is 508. The molecule has 1 fully saturated rings. The van der Waals surface area contributed by atoms with Crippen molar-refractivity contribution in [1.29, 1.82) is 0 Å². The minimum Gasteiger partial charge on any atom is -0.398 e. The quantitative estimate of drug-likeness (QED) is 0.813. The standard InChI is InChI=1S/C16H23N3O/c1-19(11-6-3-2-4-7-11)15-10-12-13(17)8-5-9-14(12)18-16(15)20/h5,8-9,11,15H,2-4,6-7,10,17H2,1H3,(H,18,20). The number of likely N-dealkylation sites (N-methyl/N-ethyl adjacent to an activating group) is 1. The van der Waals surface area contributed by atoms with Gasteiger partial charge in [-0.05, 0) is 32.0 Å². The molecule has 0 spiro atoms. The lowest BCUT2D eigenvalue weighted by Crippen LogP contribution is -2.50. The van der Waals surface area contributed by atoms with E-state index in [9.17, 15) is 4.79 Å². The summed E-state index contributed by atoms with van der Waals surface area (Å²) >= 11 is 0. The van der Waals surface area contributed by atoms with Gasteiger partial charge in [-0.1, -0.05) is 25.3 Å². The Labute approximate surface area is 120 Å². The van der Waals surface area contributed by atoms with Gasteiger partial charge in [0.1, 0.15) is 0 Å². The summed E-state index contributed by atoms with van der Waals surface area (Å²) in [5.41, 5.74) is 8.80. The molecule has 0 bridgehead atoms. The van der Waals surface area contributed by atoms with Gasteiger partial charge in [-0.15, -0.1) is 0 Å². The second-order valence-corrected chi connectivity index (χ2v) is 6.04. The maximum absolute atomic E-state index is 12.4. The number of anilines is 2. The zero-order valence-corrected chi connectivity index (χ0v) is 12.1. The molecule has 1 aromatic carbocycles. The van der Waals surface area contributed by atoms with Crippen LogP contribution in [-0.2, 0) is 11.2 Å². The van der Waals surface area contributed by atoms with Crippen LogP contribution in [0.4, 0.5) is 11.4 Å². The van der Waals surface area contributed by atoms with Gasteiger partial charge in [-0.2, -0.15) is 0 Å².